The van der Waals surface area contributed by atoms with E-state index in [0.717, 1.165) is 0 Å². The van der Waals surface area contributed by atoms with Gasteiger partial charge in [-0.15, -0.1) is 0 Å². The zero-order valence-electron chi connectivity index (χ0n) is 8.63. The summed E-state index contributed by atoms with van der Waals surface area (Å²) < 4.78 is 4.18. The molecule has 76 valence electrons. The van der Waals surface area contributed by atoms with Crippen LogP contribution in [0.5, 0.6) is 0 Å². The molecule has 0 aromatic carbocycles. The molecule has 12 heavy (non-hydrogen) atoms. The van der Waals surface area contributed by atoms with Crippen molar-refractivity contribution in [3.8, 4) is 0 Å². The maximum Gasteiger partial charge on any atom is 0.325 e. The molecule has 0 radical (unpaired) electrons. The smallest absolute Gasteiger partial charge is 0.325 e. The molecule has 0 aliphatic rings. The Morgan fingerprint density at radius 1 is 1.42 bits per heavy atom. The van der Waals surface area contributed by atoms with E-state index in [1.54, 1.807) is 0 Å². The topological polar surface area (TPSA) is 72.5 Å². The normalized spacial score (nSPS) is 9.58. The predicted octanol–water partition coefficient (Wildman–Crippen LogP) is 0.531. The van der Waals surface area contributed by atoms with E-state index in [-0.39, 0.29) is 6.61 Å². The first-order valence-electron chi connectivity index (χ1n) is 4.16. The Kier molecular flexibility index (Phi) is 24.4. The first kappa shape index (κ1) is 17.5. The van der Waals surface area contributed by atoms with Gasteiger partial charge in [-0.3, -0.25) is 4.79 Å². The minimum atomic E-state index is -0.889. The Labute approximate surface area is 74.7 Å². The van der Waals surface area contributed by atoms with Crippen molar-refractivity contribution in [2.45, 2.75) is 33.7 Å². The largest absolute Gasteiger partial charge is 0.468 e. The summed E-state index contributed by atoms with van der Waals surface area (Å²) >= 11 is 0. The highest BCUT2D eigenvalue weighted by atomic mass is 16.5. The first-order valence-corrected chi connectivity index (χ1v) is 4.16. The maximum absolute atomic E-state index is 10.2. The molecule has 4 heteroatoms. The van der Waals surface area contributed by atoms with Gasteiger partial charge in [-0.2, -0.15) is 0 Å². The summed E-state index contributed by atoms with van der Waals surface area (Å²) in [5.74, 6) is -0.590. The van der Waals surface area contributed by atoms with Crippen LogP contribution >= 0.6 is 0 Å². The van der Waals surface area contributed by atoms with Gasteiger partial charge in [-0.05, 0) is 0 Å². The number of rotatable bonds is 2. The predicted molar refractivity (Wildman–Crippen MR) is 49.8 cm³/mol. The number of aliphatic hydroxyl groups is 1. The average molecular weight is 179 g/mol. The van der Waals surface area contributed by atoms with Gasteiger partial charge in [0.05, 0.1) is 13.7 Å². The van der Waals surface area contributed by atoms with Crippen LogP contribution in [0.1, 0.15) is 27.7 Å². The van der Waals surface area contributed by atoms with E-state index in [0.29, 0.717) is 0 Å². The Morgan fingerprint density at radius 3 is 1.83 bits per heavy atom. The third-order valence-corrected chi connectivity index (χ3v) is 0.701. The average Bonchev–Trinajstić information content (AvgIpc) is 2.21. The number of methoxy groups -OCH3 is 1. The summed E-state index contributed by atoms with van der Waals surface area (Å²) in [7, 11) is 1.22. The molecule has 0 fully saturated rings. The number of hydrogen-bond acceptors (Lipinski definition) is 4. The second-order valence-electron chi connectivity index (χ2n) is 1.31. The molecule has 0 saturated heterocycles. The monoisotopic (exact) mass is 179 g/mol. The second kappa shape index (κ2) is 16.8. The standard InChI is InChI=1S/C4H9NO3.2C2H6/c1-8-4(7)3(5)2-6;2*1-2/h3,6H,2,5H2,1H3;2*1-2H3. The number of carbonyl (C=O) groups excluding carboxylic acids is 1. The molecule has 0 spiro atoms. The molecule has 1 unspecified atom stereocenters. The van der Waals surface area contributed by atoms with E-state index in [2.05, 4.69) is 4.74 Å². The number of esters is 1. The minimum absolute atomic E-state index is 0.368. The molecule has 0 aliphatic heterocycles. The minimum Gasteiger partial charge on any atom is -0.468 e. The van der Waals surface area contributed by atoms with Crippen LogP contribution in [-0.4, -0.2) is 30.8 Å². The zero-order valence-corrected chi connectivity index (χ0v) is 8.63. The molecule has 0 heterocycles. The van der Waals surface area contributed by atoms with Crippen LogP contribution in [0.2, 0.25) is 0 Å². The molecule has 0 aromatic heterocycles. The highest BCUT2D eigenvalue weighted by Crippen LogP contribution is 1.78. The van der Waals surface area contributed by atoms with Gasteiger partial charge < -0.3 is 15.6 Å². The number of aliphatic hydroxyl groups excluding tert-OH is 1. The molecule has 3 N–H and O–H groups in total. The Hall–Kier alpha value is -0.610. The molecule has 0 aliphatic carbocycles. The van der Waals surface area contributed by atoms with E-state index < -0.39 is 12.0 Å². The van der Waals surface area contributed by atoms with E-state index in [1.807, 2.05) is 27.7 Å². The number of carbonyl (C=O) groups is 1. The summed E-state index contributed by atoms with van der Waals surface area (Å²) in [5, 5.41) is 8.21. The fourth-order valence-electron chi connectivity index (χ4n) is 0.226. The van der Waals surface area contributed by atoms with Crippen LogP contribution in [0.15, 0.2) is 0 Å². The lowest BCUT2D eigenvalue weighted by atomic mass is 10.3. The lowest BCUT2D eigenvalue weighted by Crippen LogP contribution is -2.34. The molecule has 0 amide bonds. The SMILES string of the molecule is CC.CC.COC(=O)C(N)CO. The zero-order chi connectivity index (χ0) is 10.6. The Balaban J connectivity index is -0.000000175. The number of hydrogen-bond donors (Lipinski definition) is 2. The van der Waals surface area contributed by atoms with Gasteiger partial charge in [0.1, 0.15) is 6.04 Å². The lowest BCUT2D eigenvalue weighted by Gasteiger charge is -2.02. The fraction of sp³-hybridized carbons (Fsp3) is 0.875. The molecule has 1 atom stereocenters. The van der Waals surface area contributed by atoms with E-state index in [4.69, 9.17) is 10.8 Å². The molecule has 0 aromatic rings. The first-order chi connectivity index (χ1) is 5.72. The quantitative estimate of drug-likeness (QED) is 0.606. The van der Waals surface area contributed by atoms with Crippen LogP contribution in [0.4, 0.5) is 0 Å². The highest BCUT2D eigenvalue weighted by molar-refractivity contribution is 5.75. The molecule has 0 rings (SSSR count). The highest BCUT2D eigenvalue weighted by Gasteiger charge is 2.10. The van der Waals surface area contributed by atoms with Crippen molar-refractivity contribution in [1.82, 2.24) is 0 Å². The summed E-state index contributed by atoms with van der Waals surface area (Å²) in [6, 6.07) is -0.889. The van der Waals surface area contributed by atoms with Gasteiger partial charge in [0, 0.05) is 0 Å². The Morgan fingerprint density at radius 2 is 1.75 bits per heavy atom. The van der Waals surface area contributed by atoms with Crippen molar-refractivity contribution in [1.29, 1.82) is 0 Å². The van der Waals surface area contributed by atoms with Crippen LogP contribution < -0.4 is 5.73 Å². The van der Waals surface area contributed by atoms with Crippen LogP contribution in [-0.2, 0) is 9.53 Å². The van der Waals surface area contributed by atoms with E-state index in [1.165, 1.54) is 7.11 Å². The van der Waals surface area contributed by atoms with Crippen molar-refractivity contribution in [2.75, 3.05) is 13.7 Å². The van der Waals surface area contributed by atoms with Crippen LogP contribution in [0, 0.1) is 0 Å². The van der Waals surface area contributed by atoms with E-state index in [9.17, 15) is 4.79 Å². The molecule has 0 saturated carbocycles. The van der Waals surface area contributed by atoms with Gasteiger partial charge in [-0.1, -0.05) is 27.7 Å². The summed E-state index contributed by atoms with van der Waals surface area (Å²) in [5.41, 5.74) is 5.00. The van der Waals surface area contributed by atoms with Gasteiger partial charge in [0.2, 0.25) is 0 Å². The molecular weight excluding hydrogens is 158 g/mol. The van der Waals surface area contributed by atoms with Crippen molar-refractivity contribution in [2.24, 2.45) is 5.73 Å². The molecule has 4 nitrogen and oxygen atoms in total. The van der Waals surface area contributed by atoms with E-state index >= 15 is 0 Å². The third kappa shape index (κ3) is 12.1. The second-order valence-corrected chi connectivity index (χ2v) is 1.31. The Bertz CT molecular complexity index is 86.4. The van der Waals surface area contributed by atoms with Gasteiger partial charge in [-0.25, -0.2) is 0 Å². The number of nitrogens with two attached hydrogens (primary N) is 1. The van der Waals surface area contributed by atoms with Gasteiger partial charge in [0.15, 0.2) is 0 Å². The van der Waals surface area contributed by atoms with Crippen LogP contribution in [0.3, 0.4) is 0 Å². The summed E-state index contributed by atoms with van der Waals surface area (Å²) in [6.45, 7) is 7.63. The maximum atomic E-state index is 10.2. The molecule has 0 bridgehead atoms. The third-order valence-electron chi connectivity index (χ3n) is 0.701. The molecular formula is C8H21NO3. The van der Waals surface area contributed by atoms with Crippen LogP contribution in [0.25, 0.3) is 0 Å². The fourth-order valence-corrected chi connectivity index (χ4v) is 0.226. The summed E-state index contributed by atoms with van der Waals surface area (Å²) in [4.78, 5) is 10.2. The summed E-state index contributed by atoms with van der Waals surface area (Å²) in [6.07, 6.45) is 0. The van der Waals surface area contributed by atoms with Gasteiger partial charge >= 0.3 is 5.97 Å². The van der Waals surface area contributed by atoms with Crippen molar-refractivity contribution in [3.63, 3.8) is 0 Å². The van der Waals surface area contributed by atoms with Gasteiger partial charge in [0.25, 0.3) is 0 Å². The van der Waals surface area contributed by atoms with Crippen molar-refractivity contribution >= 4 is 5.97 Å². The van der Waals surface area contributed by atoms with Crippen molar-refractivity contribution < 1.29 is 14.6 Å². The lowest BCUT2D eigenvalue weighted by molar-refractivity contribution is -0.143. The van der Waals surface area contributed by atoms with Crippen molar-refractivity contribution in [3.05, 3.63) is 0 Å². The number of ether oxygens (including phenoxy) is 1.